The summed E-state index contributed by atoms with van der Waals surface area (Å²) in [7, 11) is -7.64. The van der Waals surface area contributed by atoms with Gasteiger partial charge in [-0.05, 0) is 6.92 Å². The average Bonchev–Trinajstić information content (AvgIpc) is 2.80. The summed E-state index contributed by atoms with van der Waals surface area (Å²) < 4.78 is 61.2. The molecule has 0 amide bonds. The first kappa shape index (κ1) is 19.8. The van der Waals surface area contributed by atoms with Crippen LogP contribution in [0.1, 0.15) is 18.2 Å². The van der Waals surface area contributed by atoms with E-state index in [1.165, 1.54) is 13.1 Å². The van der Waals surface area contributed by atoms with Crippen molar-refractivity contribution in [1.82, 2.24) is 9.55 Å². The molecule has 0 radical (unpaired) electrons. The Morgan fingerprint density at radius 3 is 2.44 bits per heavy atom. The molecule has 1 aliphatic rings. The smallest absolute Gasteiger partial charge is 0.330 e. The molecule has 1 aliphatic heterocycles. The minimum atomic E-state index is -3.86. The van der Waals surface area contributed by atoms with Crippen LogP contribution >= 0.6 is 0 Å². The number of nitrogens with zero attached hydrogens (tertiary/aromatic N) is 1. The number of aromatic nitrogens is 2. The summed E-state index contributed by atoms with van der Waals surface area (Å²) in [6, 6.07) is 0. The van der Waals surface area contributed by atoms with Gasteiger partial charge >= 0.3 is 5.69 Å². The van der Waals surface area contributed by atoms with Crippen molar-refractivity contribution in [3.05, 3.63) is 32.6 Å². The van der Waals surface area contributed by atoms with Crippen molar-refractivity contribution >= 4 is 20.2 Å². The highest BCUT2D eigenvalue weighted by Gasteiger charge is 2.40. The van der Waals surface area contributed by atoms with Gasteiger partial charge in [-0.3, -0.25) is 22.7 Å². The predicted octanol–water partition coefficient (Wildman–Crippen LogP) is -1.55. The van der Waals surface area contributed by atoms with Crippen LogP contribution in [-0.2, 0) is 33.3 Å². The van der Waals surface area contributed by atoms with Crippen LogP contribution in [0.5, 0.6) is 0 Å². The summed E-state index contributed by atoms with van der Waals surface area (Å²) in [5.74, 6) is 0. The molecule has 1 aromatic heterocycles. The summed E-state index contributed by atoms with van der Waals surface area (Å²) in [5, 5.41) is 0. The Morgan fingerprint density at radius 1 is 1.24 bits per heavy atom. The van der Waals surface area contributed by atoms with Gasteiger partial charge in [-0.1, -0.05) is 0 Å². The van der Waals surface area contributed by atoms with Crippen LogP contribution < -0.4 is 11.2 Å². The Bertz CT molecular complexity index is 961. The second-order valence-corrected chi connectivity index (χ2v) is 8.92. The topological polar surface area (TPSA) is 151 Å². The number of hydrogen-bond donors (Lipinski definition) is 1. The van der Waals surface area contributed by atoms with Crippen LogP contribution in [0.25, 0.3) is 0 Å². The van der Waals surface area contributed by atoms with E-state index in [-0.39, 0.29) is 12.0 Å². The Labute approximate surface area is 143 Å². The number of nitrogens with one attached hydrogen (secondary N) is 1. The lowest BCUT2D eigenvalue weighted by Gasteiger charge is -2.17. The Balaban J connectivity index is 2.29. The normalized spacial score (nSPS) is 24.5. The van der Waals surface area contributed by atoms with Gasteiger partial charge in [0.15, 0.2) is 0 Å². The molecule has 2 heterocycles. The van der Waals surface area contributed by atoms with Crippen LogP contribution in [0.3, 0.4) is 0 Å². The molecule has 0 aliphatic carbocycles. The molecule has 1 N–H and O–H groups in total. The molecule has 0 saturated carbocycles. The van der Waals surface area contributed by atoms with Gasteiger partial charge in [-0.2, -0.15) is 16.8 Å². The number of ether oxygens (including phenoxy) is 1. The fourth-order valence-corrected chi connectivity index (χ4v) is 3.37. The maximum absolute atomic E-state index is 11.9. The summed E-state index contributed by atoms with van der Waals surface area (Å²) in [6.07, 6.45) is -0.177. The molecule has 142 valence electrons. The third-order valence-electron chi connectivity index (χ3n) is 3.38. The molecule has 11 nitrogen and oxygen atoms in total. The zero-order chi connectivity index (χ0) is 19.0. The molecular weight excluding hydrogens is 380 g/mol. The number of rotatable bonds is 6. The standard InChI is InChI=1S/C12H18N2O9S2/c1-7-5-14(12(16)13-11(7)15)10-4-8(23-25(3,19)20)9(22-10)6-21-24(2,17)18/h5,8-10H,4,6H2,1-3H3,(H,13,15,16)/t8-,9-,10+/m0/s1. The summed E-state index contributed by atoms with van der Waals surface area (Å²) in [4.78, 5) is 25.5. The van der Waals surface area contributed by atoms with E-state index in [1.54, 1.807) is 0 Å². The molecule has 1 fully saturated rings. The Kier molecular flexibility index (Phi) is 5.53. The van der Waals surface area contributed by atoms with Gasteiger partial charge < -0.3 is 4.74 Å². The predicted molar refractivity (Wildman–Crippen MR) is 85.1 cm³/mol. The molecule has 2 rings (SSSR count). The molecule has 1 aromatic rings. The van der Waals surface area contributed by atoms with Gasteiger partial charge in [0.2, 0.25) is 0 Å². The molecule has 13 heteroatoms. The zero-order valence-electron chi connectivity index (χ0n) is 13.7. The van der Waals surface area contributed by atoms with E-state index in [9.17, 15) is 26.4 Å². The van der Waals surface area contributed by atoms with E-state index in [0.717, 1.165) is 17.1 Å². The zero-order valence-corrected chi connectivity index (χ0v) is 15.3. The lowest BCUT2D eigenvalue weighted by Crippen LogP contribution is -2.33. The molecule has 0 spiro atoms. The van der Waals surface area contributed by atoms with E-state index in [0.29, 0.717) is 0 Å². The highest BCUT2D eigenvalue weighted by molar-refractivity contribution is 7.86. The van der Waals surface area contributed by atoms with Crippen molar-refractivity contribution in [3.63, 3.8) is 0 Å². The number of aryl methyl sites for hydroxylation is 1. The lowest BCUT2D eigenvalue weighted by atomic mass is 10.2. The number of hydrogen-bond acceptors (Lipinski definition) is 9. The molecule has 3 atom stereocenters. The van der Waals surface area contributed by atoms with Crippen molar-refractivity contribution in [2.24, 2.45) is 0 Å². The maximum atomic E-state index is 11.9. The highest BCUT2D eigenvalue weighted by atomic mass is 32.2. The van der Waals surface area contributed by atoms with Gasteiger partial charge in [0.05, 0.1) is 19.1 Å². The van der Waals surface area contributed by atoms with Crippen molar-refractivity contribution in [3.8, 4) is 0 Å². The summed E-state index contributed by atoms with van der Waals surface area (Å²) >= 11 is 0. The van der Waals surface area contributed by atoms with Crippen molar-refractivity contribution in [1.29, 1.82) is 0 Å². The van der Waals surface area contributed by atoms with Crippen molar-refractivity contribution < 1.29 is 29.9 Å². The van der Waals surface area contributed by atoms with E-state index < -0.39 is 56.5 Å². The van der Waals surface area contributed by atoms with Gasteiger partial charge in [0, 0.05) is 18.2 Å². The van der Waals surface area contributed by atoms with Gasteiger partial charge in [-0.25, -0.2) is 4.79 Å². The molecule has 1 saturated heterocycles. The second kappa shape index (κ2) is 6.99. The van der Waals surface area contributed by atoms with E-state index in [4.69, 9.17) is 8.92 Å². The first-order valence-corrected chi connectivity index (χ1v) is 10.7. The maximum Gasteiger partial charge on any atom is 0.330 e. The molecule has 0 unspecified atom stereocenters. The monoisotopic (exact) mass is 398 g/mol. The summed E-state index contributed by atoms with van der Waals surface area (Å²) in [6.45, 7) is 1.01. The number of H-pyrrole nitrogens is 1. The molecule has 0 aromatic carbocycles. The van der Waals surface area contributed by atoms with Gasteiger partial charge in [-0.15, -0.1) is 0 Å². The van der Waals surface area contributed by atoms with Crippen LogP contribution in [-0.4, -0.2) is 57.7 Å². The average molecular weight is 398 g/mol. The van der Waals surface area contributed by atoms with Crippen LogP contribution in [0.2, 0.25) is 0 Å². The SMILES string of the molecule is Cc1cn([C@H]2C[C@H](OS(C)(=O)=O)[C@H](COS(C)(=O)=O)O2)c(=O)[nH]c1=O. The Hall–Kier alpha value is -1.54. The minimum absolute atomic E-state index is 0.0593. The largest absolute Gasteiger partial charge is 0.349 e. The molecular formula is C12H18N2O9S2. The second-order valence-electron chi connectivity index (χ2n) is 5.67. The van der Waals surface area contributed by atoms with Crippen molar-refractivity contribution in [2.75, 3.05) is 19.1 Å². The van der Waals surface area contributed by atoms with E-state index in [1.807, 2.05) is 0 Å². The molecule has 25 heavy (non-hydrogen) atoms. The third-order valence-corrected chi connectivity index (χ3v) is 4.54. The highest BCUT2D eigenvalue weighted by Crippen LogP contribution is 2.31. The van der Waals surface area contributed by atoms with E-state index >= 15 is 0 Å². The number of aromatic amines is 1. The van der Waals surface area contributed by atoms with Crippen molar-refractivity contribution in [2.45, 2.75) is 31.8 Å². The fourth-order valence-electron chi connectivity index (χ4n) is 2.34. The first-order valence-electron chi connectivity index (χ1n) is 7.06. The van der Waals surface area contributed by atoms with E-state index in [2.05, 4.69) is 9.17 Å². The van der Waals surface area contributed by atoms with Crippen LogP contribution in [0.15, 0.2) is 15.8 Å². The molecule has 0 bridgehead atoms. The third kappa shape index (κ3) is 5.47. The fraction of sp³-hybridized carbons (Fsp3) is 0.667. The summed E-state index contributed by atoms with van der Waals surface area (Å²) in [5.41, 5.74) is -1.05. The van der Waals surface area contributed by atoms with Crippen LogP contribution in [0.4, 0.5) is 0 Å². The van der Waals surface area contributed by atoms with Gasteiger partial charge in [0.1, 0.15) is 18.4 Å². The van der Waals surface area contributed by atoms with Crippen LogP contribution in [0, 0.1) is 6.92 Å². The van der Waals surface area contributed by atoms with Gasteiger partial charge in [0.25, 0.3) is 25.8 Å². The minimum Gasteiger partial charge on any atom is -0.349 e. The first-order chi connectivity index (χ1) is 11.4. The lowest BCUT2D eigenvalue weighted by molar-refractivity contribution is -0.0353. The Morgan fingerprint density at radius 2 is 1.88 bits per heavy atom. The quantitative estimate of drug-likeness (QED) is 0.562.